The van der Waals surface area contributed by atoms with Crippen LogP contribution in [-0.4, -0.2) is 14.5 Å². The first kappa shape index (κ1) is 15.8. The third-order valence-electron chi connectivity index (χ3n) is 3.24. The topological polar surface area (TPSA) is 103 Å². The van der Waals surface area contributed by atoms with E-state index in [1.165, 1.54) is 35.2 Å². The summed E-state index contributed by atoms with van der Waals surface area (Å²) in [6.45, 7) is 0.197. The number of nitrogen functional groups attached to an aromatic ring is 1. The third-order valence-corrected chi connectivity index (χ3v) is 3.46. The number of hydrogen-bond acceptors (Lipinski definition) is 5. The van der Waals surface area contributed by atoms with Crippen LogP contribution in [0, 0.1) is 0 Å². The fraction of sp³-hybridized carbons (Fsp3) is 0.0625. The first-order valence-electron chi connectivity index (χ1n) is 6.98. The predicted octanol–water partition coefficient (Wildman–Crippen LogP) is 1.74. The molecular weight excluding hydrogens is 332 g/mol. The molecule has 0 saturated carbocycles. The minimum Gasteiger partial charge on any atom is -0.487 e. The van der Waals surface area contributed by atoms with Gasteiger partial charge in [0.25, 0.3) is 11.1 Å². The first-order valence-corrected chi connectivity index (χ1v) is 7.36. The van der Waals surface area contributed by atoms with Crippen LogP contribution in [0.2, 0.25) is 5.02 Å². The predicted molar refractivity (Wildman–Crippen MR) is 90.7 cm³/mol. The quantitative estimate of drug-likeness (QED) is 0.750. The van der Waals surface area contributed by atoms with Gasteiger partial charge in [-0.3, -0.25) is 19.1 Å². The number of nitrogens with one attached hydrogen (secondary N) is 1. The minimum absolute atomic E-state index is 0.181. The van der Waals surface area contributed by atoms with Crippen LogP contribution in [0.15, 0.2) is 58.4 Å². The van der Waals surface area contributed by atoms with Crippen LogP contribution in [0.5, 0.6) is 5.75 Å². The summed E-state index contributed by atoms with van der Waals surface area (Å²) in [4.78, 5) is 30.6. The number of rotatable bonds is 4. The van der Waals surface area contributed by atoms with Crippen molar-refractivity contribution in [3.05, 3.63) is 80.2 Å². The minimum atomic E-state index is -0.448. The summed E-state index contributed by atoms with van der Waals surface area (Å²) in [7, 11) is 0. The van der Waals surface area contributed by atoms with Gasteiger partial charge < -0.3 is 15.5 Å². The van der Waals surface area contributed by atoms with E-state index >= 15 is 0 Å². The zero-order valence-electron chi connectivity index (χ0n) is 12.4. The Balaban J connectivity index is 1.81. The van der Waals surface area contributed by atoms with E-state index in [0.717, 1.165) is 0 Å². The maximum Gasteiger partial charge on any atom is 0.273 e. The van der Waals surface area contributed by atoms with Crippen LogP contribution in [0.4, 0.5) is 5.82 Å². The highest BCUT2D eigenvalue weighted by molar-refractivity contribution is 6.30. The molecule has 3 rings (SSSR count). The van der Waals surface area contributed by atoms with Crippen LogP contribution in [-0.2, 0) is 6.61 Å². The van der Waals surface area contributed by atoms with Crippen LogP contribution in [0.3, 0.4) is 0 Å². The molecule has 3 heterocycles. The second-order valence-electron chi connectivity index (χ2n) is 4.96. The van der Waals surface area contributed by atoms with Crippen LogP contribution >= 0.6 is 11.6 Å². The van der Waals surface area contributed by atoms with Crippen molar-refractivity contribution in [3.63, 3.8) is 0 Å². The van der Waals surface area contributed by atoms with Gasteiger partial charge in [0.05, 0.1) is 10.7 Å². The Labute approximate surface area is 141 Å². The Hall–Kier alpha value is -3.06. The Morgan fingerprint density at radius 3 is 2.71 bits per heavy atom. The number of pyridine rings is 3. The van der Waals surface area contributed by atoms with E-state index in [4.69, 9.17) is 22.1 Å². The highest BCUT2D eigenvalue weighted by Gasteiger charge is 2.06. The summed E-state index contributed by atoms with van der Waals surface area (Å²) in [5.41, 5.74) is 5.51. The molecule has 3 aromatic rings. The number of aromatic nitrogens is 3. The zero-order chi connectivity index (χ0) is 17.1. The average Bonchev–Trinajstić information content (AvgIpc) is 2.55. The lowest BCUT2D eigenvalue weighted by Gasteiger charge is -2.08. The SMILES string of the molecule is Nc1ccc(-n2ccc(OCc3ccc(Cl)cn3)cc2=O)c(=O)[nH]1. The molecule has 7 nitrogen and oxygen atoms in total. The third kappa shape index (κ3) is 3.47. The number of H-pyrrole nitrogens is 1. The van der Waals surface area contributed by atoms with E-state index < -0.39 is 11.1 Å². The lowest BCUT2D eigenvalue weighted by molar-refractivity contribution is 0.300. The smallest absolute Gasteiger partial charge is 0.273 e. The molecule has 0 saturated heterocycles. The molecule has 3 aromatic heterocycles. The van der Waals surface area contributed by atoms with E-state index in [1.807, 2.05) is 0 Å². The number of nitrogens with two attached hydrogens (primary N) is 1. The first-order chi connectivity index (χ1) is 11.5. The molecule has 0 aliphatic rings. The van der Waals surface area contributed by atoms with Crippen molar-refractivity contribution in [2.45, 2.75) is 6.61 Å². The molecule has 0 aliphatic heterocycles. The Bertz CT molecular complexity index is 980. The number of anilines is 1. The number of halogens is 1. The molecule has 24 heavy (non-hydrogen) atoms. The molecule has 0 bridgehead atoms. The van der Waals surface area contributed by atoms with E-state index in [0.29, 0.717) is 16.5 Å². The molecule has 3 N–H and O–H groups in total. The van der Waals surface area contributed by atoms with E-state index in [2.05, 4.69) is 9.97 Å². The van der Waals surface area contributed by atoms with Gasteiger partial charge in [-0.05, 0) is 30.3 Å². The molecule has 0 aliphatic carbocycles. The van der Waals surface area contributed by atoms with Crippen molar-refractivity contribution in [1.29, 1.82) is 0 Å². The van der Waals surface area contributed by atoms with Crippen molar-refractivity contribution in [2.75, 3.05) is 5.73 Å². The lowest BCUT2D eigenvalue weighted by atomic mass is 10.3. The fourth-order valence-corrected chi connectivity index (χ4v) is 2.18. The molecule has 8 heteroatoms. The van der Waals surface area contributed by atoms with Gasteiger partial charge in [0.2, 0.25) is 0 Å². The molecule has 0 atom stereocenters. The van der Waals surface area contributed by atoms with E-state index in [9.17, 15) is 9.59 Å². The van der Waals surface area contributed by atoms with Gasteiger partial charge in [-0.2, -0.15) is 0 Å². The summed E-state index contributed by atoms with van der Waals surface area (Å²) < 4.78 is 6.74. The molecule has 122 valence electrons. The molecule has 0 radical (unpaired) electrons. The van der Waals surface area contributed by atoms with Gasteiger partial charge in [-0.15, -0.1) is 0 Å². The summed E-state index contributed by atoms with van der Waals surface area (Å²) in [6.07, 6.45) is 2.99. The number of ether oxygens (including phenoxy) is 1. The van der Waals surface area contributed by atoms with Gasteiger partial charge in [0.15, 0.2) is 0 Å². The maximum atomic E-state index is 12.2. The van der Waals surface area contributed by atoms with E-state index in [1.54, 1.807) is 18.2 Å². The largest absolute Gasteiger partial charge is 0.487 e. The van der Waals surface area contributed by atoms with Gasteiger partial charge in [0.1, 0.15) is 23.9 Å². The van der Waals surface area contributed by atoms with Gasteiger partial charge in [-0.1, -0.05) is 11.6 Å². The number of hydrogen-bond donors (Lipinski definition) is 2. The van der Waals surface area contributed by atoms with Gasteiger partial charge >= 0.3 is 0 Å². The molecule has 0 spiro atoms. The molecule has 0 fully saturated rings. The van der Waals surface area contributed by atoms with Crippen molar-refractivity contribution >= 4 is 17.4 Å². The number of nitrogens with zero attached hydrogens (tertiary/aromatic N) is 2. The second-order valence-corrected chi connectivity index (χ2v) is 5.39. The van der Waals surface area contributed by atoms with Gasteiger partial charge in [-0.25, -0.2) is 0 Å². The molecular formula is C16H13ClN4O3. The van der Waals surface area contributed by atoms with Crippen molar-refractivity contribution in [3.8, 4) is 11.4 Å². The van der Waals surface area contributed by atoms with Crippen LogP contribution in [0.25, 0.3) is 5.69 Å². The Kier molecular flexibility index (Phi) is 4.35. The normalized spacial score (nSPS) is 10.5. The second kappa shape index (κ2) is 6.59. The Morgan fingerprint density at radius 1 is 1.21 bits per heavy atom. The van der Waals surface area contributed by atoms with Crippen LogP contribution < -0.4 is 21.6 Å². The monoisotopic (exact) mass is 344 g/mol. The van der Waals surface area contributed by atoms with Crippen molar-refractivity contribution < 1.29 is 4.74 Å². The zero-order valence-corrected chi connectivity index (χ0v) is 13.2. The molecule has 0 unspecified atom stereocenters. The van der Waals surface area contributed by atoms with E-state index in [-0.39, 0.29) is 18.1 Å². The van der Waals surface area contributed by atoms with Crippen LogP contribution in [0.1, 0.15) is 5.69 Å². The highest BCUT2D eigenvalue weighted by Crippen LogP contribution is 2.12. The standard InChI is InChI=1S/C16H13ClN4O3/c17-10-1-2-11(19-8-10)9-24-12-5-6-21(15(22)7-12)13-3-4-14(18)20-16(13)23/h1-8H,9H2,(H3,18,20,23). The maximum absolute atomic E-state index is 12.2. The Morgan fingerprint density at radius 2 is 2.04 bits per heavy atom. The molecule has 0 amide bonds. The highest BCUT2D eigenvalue weighted by atomic mass is 35.5. The lowest BCUT2D eigenvalue weighted by Crippen LogP contribution is -2.24. The van der Waals surface area contributed by atoms with Gasteiger partial charge in [0, 0.05) is 18.5 Å². The summed E-state index contributed by atoms with van der Waals surface area (Å²) in [6, 6.07) is 9.32. The number of aromatic amines is 1. The molecule has 0 aromatic carbocycles. The summed E-state index contributed by atoms with van der Waals surface area (Å²) >= 11 is 5.76. The van der Waals surface area contributed by atoms with Crippen molar-refractivity contribution in [1.82, 2.24) is 14.5 Å². The summed E-state index contributed by atoms with van der Waals surface area (Å²) in [5, 5.41) is 0.537. The summed E-state index contributed by atoms with van der Waals surface area (Å²) in [5.74, 6) is 0.604. The fourth-order valence-electron chi connectivity index (χ4n) is 2.07. The van der Waals surface area contributed by atoms with Crippen molar-refractivity contribution in [2.24, 2.45) is 0 Å². The average molecular weight is 345 g/mol.